The smallest absolute Gasteiger partial charge is 0.269 e. The molecule has 0 spiro atoms. The van der Waals surface area contributed by atoms with Crippen LogP contribution in [0.2, 0.25) is 0 Å². The molecule has 31 heavy (non-hydrogen) atoms. The highest BCUT2D eigenvalue weighted by Crippen LogP contribution is 2.38. The van der Waals surface area contributed by atoms with Gasteiger partial charge in [-0.15, -0.1) is 0 Å². The average molecular weight is 442 g/mol. The third-order valence-electron chi connectivity index (χ3n) is 6.04. The number of fused-ring (bicyclic) bond motifs is 1. The van der Waals surface area contributed by atoms with Gasteiger partial charge in [-0.25, -0.2) is 22.4 Å². The molecule has 2 aromatic heterocycles. The Hall–Kier alpha value is -2.94. The number of anilines is 1. The average Bonchev–Trinajstić information content (AvgIpc) is 3.35. The molecule has 0 saturated heterocycles. The van der Waals surface area contributed by atoms with Crippen LogP contribution in [-0.2, 0) is 14.8 Å². The molecule has 0 bridgehead atoms. The minimum Gasteiger partial charge on any atom is -0.281 e. The summed E-state index contributed by atoms with van der Waals surface area (Å²) in [6.45, 7) is 6.19. The van der Waals surface area contributed by atoms with E-state index in [-0.39, 0.29) is 22.4 Å². The van der Waals surface area contributed by atoms with Gasteiger partial charge in [0.05, 0.1) is 11.1 Å². The maximum atomic E-state index is 13.0. The normalized spacial score (nSPS) is 21.3. The van der Waals surface area contributed by atoms with Crippen LogP contribution in [-0.4, -0.2) is 28.3 Å². The van der Waals surface area contributed by atoms with Gasteiger partial charge in [0.2, 0.25) is 5.91 Å². The Morgan fingerprint density at radius 2 is 1.94 bits per heavy atom. The zero-order valence-corrected chi connectivity index (χ0v) is 18.7. The first-order chi connectivity index (χ1) is 14.8. The lowest BCUT2D eigenvalue weighted by atomic mass is 9.93. The second-order valence-corrected chi connectivity index (χ2v) is 10.2. The monoisotopic (exact) mass is 441 g/mol. The minimum atomic E-state index is -3.78. The van der Waals surface area contributed by atoms with Crippen molar-refractivity contribution in [2.24, 2.45) is 17.8 Å². The summed E-state index contributed by atoms with van der Waals surface area (Å²) < 4.78 is 27.1. The van der Waals surface area contributed by atoms with Gasteiger partial charge in [0.1, 0.15) is 5.52 Å². The van der Waals surface area contributed by atoms with E-state index in [1.807, 2.05) is 6.92 Å². The molecule has 1 aliphatic carbocycles. The lowest BCUT2D eigenvalue weighted by Crippen LogP contribution is -2.36. The fourth-order valence-electron chi connectivity index (χ4n) is 4.36. The molecular formula is C22H27N5O3S. The molecule has 8 nitrogen and oxygen atoms in total. The number of aromatic nitrogens is 3. The van der Waals surface area contributed by atoms with E-state index in [9.17, 15) is 13.2 Å². The fourth-order valence-corrected chi connectivity index (χ4v) is 5.66. The molecule has 0 radical (unpaired) electrons. The summed E-state index contributed by atoms with van der Waals surface area (Å²) in [7, 11) is -3.78. The van der Waals surface area contributed by atoms with Gasteiger partial charge in [-0.3, -0.25) is 15.6 Å². The summed E-state index contributed by atoms with van der Waals surface area (Å²) in [6.07, 6.45) is 5.79. The molecule has 9 heteroatoms. The number of hydrogen-bond donors (Lipinski definition) is 2. The van der Waals surface area contributed by atoms with E-state index in [0.717, 1.165) is 28.8 Å². The Morgan fingerprint density at radius 1 is 1.19 bits per heavy atom. The molecule has 4 rings (SSSR count). The van der Waals surface area contributed by atoms with E-state index in [0.29, 0.717) is 23.2 Å². The van der Waals surface area contributed by atoms with Gasteiger partial charge in [-0.2, -0.15) is 0 Å². The number of carbonyl (C=O) groups is 1. The summed E-state index contributed by atoms with van der Waals surface area (Å²) in [5, 5.41) is 0. The van der Waals surface area contributed by atoms with Crippen molar-refractivity contribution < 1.29 is 13.2 Å². The van der Waals surface area contributed by atoms with E-state index in [4.69, 9.17) is 0 Å². The molecule has 3 atom stereocenters. The Balaban J connectivity index is 1.51. The molecule has 2 unspecified atom stereocenters. The Morgan fingerprint density at radius 3 is 2.65 bits per heavy atom. The number of rotatable bonds is 6. The predicted molar refractivity (Wildman–Crippen MR) is 119 cm³/mol. The predicted octanol–water partition coefficient (Wildman–Crippen LogP) is 3.49. The number of amides is 1. The molecular weight excluding hydrogens is 414 g/mol. The molecule has 1 aliphatic rings. The van der Waals surface area contributed by atoms with Crippen molar-refractivity contribution in [3.8, 4) is 0 Å². The molecule has 0 aliphatic heterocycles. The number of hydrazine groups is 1. The molecule has 1 amide bonds. The van der Waals surface area contributed by atoms with Gasteiger partial charge < -0.3 is 0 Å². The summed E-state index contributed by atoms with van der Waals surface area (Å²) in [4.78, 5) is 21.5. The summed E-state index contributed by atoms with van der Waals surface area (Å²) in [5.74, 6) is 1.24. The van der Waals surface area contributed by atoms with Crippen LogP contribution in [0.15, 0.2) is 47.6 Å². The van der Waals surface area contributed by atoms with E-state index in [1.165, 1.54) is 12.4 Å². The Bertz CT molecular complexity index is 1200. The van der Waals surface area contributed by atoms with Crippen molar-refractivity contribution in [3.63, 3.8) is 0 Å². The van der Waals surface area contributed by atoms with E-state index in [1.54, 1.807) is 30.3 Å². The summed E-state index contributed by atoms with van der Waals surface area (Å²) in [5.41, 5.74) is 7.19. The van der Waals surface area contributed by atoms with Crippen molar-refractivity contribution >= 4 is 32.9 Å². The standard InChI is InChI=1S/C22H27N5O3S/c1-4-16-11-15(3)12-18(16)22(28)26-25-20-13-23-21-19(24-20)9-10-27(21)31(29,30)17-7-5-14(2)6-8-17/h5-10,13,15-16,18H,4,11-12H2,1-3H3,(H,24,25)(H,26,28)/t15-,16?,18?/m1/s1. The quantitative estimate of drug-likeness (QED) is 0.567. The molecule has 1 saturated carbocycles. The number of nitrogens with zero attached hydrogens (tertiary/aromatic N) is 3. The highest BCUT2D eigenvalue weighted by atomic mass is 32.2. The Labute approximate surface area is 182 Å². The van der Waals surface area contributed by atoms with Crippen molar-refractivity contribution in [1.29, 1.82) is 0 Å². The molecule has 2 N–H and O–H groups in total. The number of aryl methyl sites for hydroxylation is 1. The first-order valence-electron chi connectivity index (χ1n) is 10.5. The van der Waals surface area contributed by atoms with Gasteiger partial charge in [0.15, 0.2) is 11.5 Å². The highest BCUT2D eigenvalue weighted by Gasteiger charge is 2.35. The van der Waals surface area contributed by atoms with E-state index >= 15 is 0 Å². The highest BCUT2D eigenvalue weighted by molar-refractivity contribution is 7.90. The van der Waals surface area contributed by atoms with Crippen LogP contribution in [0.3, 0.4) is 0 Å². The SMILES string of the molecule is CCC1C[C@@H](C)CC1C(=O)NNc1cnc2c(ccn2S(=O)(=O)c2ccc(C)cc2)n1. The lowest BCUT2D eigenvalue weighted by Gasteiger charge is -2.17. The minimum absolute atomic E-state index is 0.00933. The molecule has 2 heterocycles. The van der Waals surface area contributed by atoms with Crippen LogP contribution in [0, 0.1) is 24.7 Å². The van der Waals surface area contributed by atoms with Gasteiger partial charge in [-0.05, 0) is 49.8 Å². The molecule has 3 aromatic rings. The molecule has 1 aromatic carbocycles. The van der Waals surface area contributed by atoms with Gasteiger partial charge in [0.25, 0.3) is 10.0 Å². The van der Waals surface area contributed by atoms with Crippen LogP contribution in [0.25, 0.3) is 11.2 Å². The van der Waals surface area contributed by atoms with Crippen molar-refractivity contribution in [1.82, 2.24) is 19.4 Å². The van der Waals surface area contributed by atoms with Gasteiger partial charge in [0, 0.05) is 12.1 Å². The lowest BCUT2D eigenvalue weighted by molar-refractivity contribution is -0.125. The van der Waals surface area contributed by atoms with Crippen molar-refractivity contribution in [3.05, 3.63) is 48.3 Å². The summed E-state index contributed by atoms with van der Waals surface area (Å²) >= 11 is 0. The van der Waals surface area contributed by atoms with Crippen LogP contribution in [0.4, 0.5) is 5.82 Å². The number of carbonyl (C=O) groups excluding carboxylic acids is 1. The first kappa shape index (κ1) is 21.3. The third kappa shape index (κ3) is 4.14. The van der Waals surface area contributed by atoms with Gasteiger partial charge in [-0.1, -0.05) is 38.0 Å². The summed E-state index contributed by atoms with van der Waals surface area (Å²) in [6, 6.07) is 8.24. The largest absolute Gasteiger partial charge is 0.281 e. The van der Waals surface area contributed by atoms with E-state index < -0.39 is 10.0 Å². The Kier molecular flexibility index (Phi) is 5.70. The topological polar surface area (TPSA) is 106 Å². The van der Waals surface area contributed by atoms with Crippen molar-refractivity contribution in [2.75, 3.05) is 5.43 Å². The van der Waals surface area contributed by atoms with Crippen LogP contribution in [0.1, 0.15) is 38.7 Å². The second kappa shape index (κ2) is 8.30. The zero-order chi connectivity index (χ0) is 22.2. The maximum absolute atomic E-state index is 13.0. The molecule has 164 valence electrons. The van der Waals surface area contributed by atoms with Crippen LogP contribution >= 0.6 is 0 Å². The zero-order valence-electron chi connectivity index (χ0n) is 17.9. The van der Waals surface area contributed by atoms with E-state index in [2.05, 4.69) is 34.7 Å². The fraction of sp³-hybridized carbons (Fsp3) is 0.409. The van der Waals surface area contributed by atoms with Gasteiger partial charge >= 0.3 is 0 Å². The number of nitrogens with one attached hydrogen (secondary N) is 2. The third-order valence-corrected chi connectivity index (χ3v) is 7.72. The number of hydrogen-bond acceptors (Lipinski definition) is 6. The number of benzene rings is 1. The first-order valence-corrected chi connectivity index (χ1v) is 12.0. The van der Waals surface area contributed by atoms with Crippen LogP contribution < -0.4 is 10.9 Å². The van der Waals surface area contributed by atoms with Crippen LogP contribution in [0.5, 0.6) is 0 Å². The maximum Gasteiger partial charge on any atom is 0.269 e. The molecule has 1 fully saturated rings. The van der Waals surface area contributed by atoms with Crippen molar-refractivity contribution in [2.45, 2.75) is 44.9 Å². The second-order valence-electron chi connectivity index (χ2n) is 8.36.